The molecule has 1 fully saturated rings. The van der Waals surface area contributed by atoms with Crippen molar-refractivity contribution in [1.29, 1.82) is 0 Å². The molecule has 1 saturated heterocycles. The summed E-state index contributed by atoms with van der Waals surface area (Å²) in [4.78, 5) is 13.2. The minimum Gasteiger partial charge on any atom is -0.384 e. The Hall–Kier alpha value is -1.76. The van der Waals surface area contributed by atoms with Crippen molar-refractivity contribution in [1.82, 2.24) is 10.2 Å². The van der Waals surface area contributed by atoms with Gasteiger partial charge in [0.05, 0.1) is 0 Å². The molecule has 0 saturated carbocycles. The van der Waals surface area contributed by atoms with Crippen LogP contribution in [0.25, 0.3) is 0 Å². The average Bonchev–Trinajstić information content (AvgIpc) is 3.02. The van der Waals surface area contributed by atoms with Gasteiger partial charge in [0.1, 0.15) is 0 Å². The standard InChI is InChI=1S/C17H22F3N3O/c18-17(19,20)16(24)22-10-12-5-8-23(9-6-12)11-14-3-1-2-13-4-7-21-15(13)14/h1-3,12,21H,4-11H2,(H,22,24). The maximum Gasteiger partial charge on any atom is 0.471 e. The van der Waals surface area contributed by atoms with Gasteiger partial charge in [0.2, 0.25) is 0 Å². The number of amides is 1. The van der Waals surface area contributed by atoms with E-state index in [1.807, 2.05) is 5.32 Å². The highest BCUT2D eigenvalue weighted by molar-refractivity contribution is 5.81. The van der Waals surface area contributed by atoms with Gasteiger partial charge in [-0.2, -0.15) is 13.2 Å². The molecule has 4 nitrogen and oxygen atoms in total. The molecule has 0 bridgehead atoms. The van der Waals surface area contributed by atoms with E-state index in [-0.39, 0.29) is 12.5 Å². The lowest BCUT2D eigenvalue weighted by molar-refractivity contribution is -0.173. The number of carbonyl (C=O) groups excluding carboxylic acids is 1. The summed E-state index contributed by atoms with van der Waals surface area (Å²) in [6.45, 7) is 3.63. The number of nitrogens with zero attached hydrogens (tertiary/aromatic N) is 1. The maximum absolute atomic E-state index is 12.2. The first-order valence-corrected chi connectivity index (χ1v) is 8.35. The molecule has 0 aliphatic carbocycles. The van der Waals surface area contributed by atoms with Crippen LogP contribution in [0, 0.1) is 5.92 Å². The van der Waals surface area contributed by atoms with Gasteiger partial charge in [0.25, 0.3) is 0 Å². The first-order chi connectivity index (χ1) is 11.4. The zero-order valence-electron chi connectivity index (χ0n) is 13.5. The molecule has 2 N–H and O–H groups in total. The molecule has 132 valence electrons. The first kappa shape index (κ1) is 17.1. The molecule has 1 aromatic carbocycles. The van der Waals surface area contributed by atoms with E-state index in [0.29, 0.717) is 0 Å². The number of alkyl halides is 3. The van der Waals surface area contributed by atoms with Gasteiger partial charge in [-0.15, -0.1) is 0 Å². The Bertz CT molecular complexity index is 595. The smallest absolute Gasteiger partial charge is 0.384 e. The second-order valence-corrected chi connectivity index (χ2v) is 6.56. The Kier molecular flexibility index (Phi) is 4.99. The topological polar surface area (TPSA) is 44.4 Å². The lowest BCUT2D eigenvalue weighted by Gasteiger charge is -2.32. The molecule has 24 heavy (non-hydrogen) atoms. The summed E-state index contributed by atoms with van der Waals surface area (Å²) in [5.74, 6) is -1.72. The van der Waals surface area contributed by atoms with Crippen LogP contribution >= 0.6 is 0 Å². The number of rotatable bonds is 4. The summed E-state index contributed by atoms with van der Waals surface area (Å²) in [5.41, 5.74) is 3.89. The Morgan fingerprint density at radius 3 is 2.75 bits per heavy atom. The number of hydrogen-bond donors (Lipinski definition) is 2. The van der Waals surface area contributed by atoms with Crippen LogP contribution in [0.1, 0.15) is 24.0 Å². The summed E-state index contributed by atoms with van der Waals surface area (Å²) in [6, 6.07) is 6.36. The third kappa shape index (κ3) is 4.01. The zero-order valence-corrected chi connectivity index (χ0v) is 13.5. The summed E-state index contributed by atoms with van der Waals surface area (Å²) in [7, 11) is 0. The van der Waals surface area contributed by atoms with Gasteiger partial charge in [-0.3, -0.25) is 9.69 Å². The van der Waals surface area contributed by atoms with Crippen molar-refractivity contribution in [3.05, 3.63) is 29.3 Å². The maximum atomic E-state index is 12.2. The lowest BCUT2D eigenvalue weighted by atomic mass is 9.96. The molecule has 0 atom stereocenters. The molecular formula is C17H22F3N3O. The van der Waals surface area contributed by atoms with Crippen molar-refractivity contribution in [3.8, 4) is 0 Å². The van der Waals surface area contributed by atoms with Gasteiger partial charge in [-0.05, 0) is 49.4 Å². The predicted molar refractivity (Wildman–Crippen MR) is 85.7 cm³/mol. The van der Waals surface area contributed by atoms with Gasteiger partial charge < -0.3 is 10.6 Å². The summed E-state index contributed by atoms with van der Waals surface area (Å²) in [6.07, 6.45) is -2.12. The van der Waals surface area contributed by atoms with Crippen LogP contribution in [-0.4, -0.2) is 43.2 Å². The molecule has 0 spiro atoms. The molecule has 0 unspecified atom stereocenters. The van der Waals surface area contributed by atoms with Crippen molar-refractivity contribution in [2.24, 2.45) is 5.92 Å². The number of para-hydroxylation sites is 1. The highest BCUT2D eigenvalue weighted by Gasteiger charge is 2.38. The van der Waals surface area contributed by atoms with E-state index in [4.69, 9.17) is 0 Å². The number of nitrogens with one attached hydrogen (secondary N) is 2. The van der Waals surface area contributed by atoms with E-state index in [1.165, 1.54) is 16.8 Å². The van der Waals surface area contributed by atoms with Gasteiger partial charge >= 0.3 is 12.1 Å². The van der Waals surface area contributed by atoms with Crippen molar-refractivity contribution >= 4 is 11.6 Å². The molecule has 0 aromatic heterocycles. The SMILES string of the molecule is O=C(NCC1CCN(Cc2cccc3c2NCC3)CC1)C(F)(F)F. The van der Waals surface area contributed by atoms with Crippen LogP contribution in [0.5, 0.6) is 0 Å². The van der Waals surface area contributed by atoms with Crippen LogP contribution in [0.15, 0.2) is 18.2 Å². The van der Waals surface area contributed by atoms with Gasteiger partial charge in [-0.25, -0.2) is 0 Å². The number of fused-ring (bicyclic) bond motifs is 1. The molecule has 3 rings (SSSR count). The number of likely N-dealkylation sites (tertiary alicyclic amines) is 1. The fourth-order valence-corrected chi connectivity index (χ4v) is 3.47. The minimum absolute atomic E-state index is 0.106. The van der Waals surface area contributed by atoms with E-state index in [1.54, 1.807) is 0 Å². The Morgan fingerprint density at radius 1 is 1.29 bits per heavy atom. The van der Waals surface area contributed by atoms with E-state index < -0.39 is 12.1 Å². The van der Waals surface area contributed by atoms with Crippen LogP contribution in [0.3, 0.4) is 0 Å². The van der Waals surface area contributed by atoms with Crippen molar-refractivity contribution in [2.75, 3.05) is 31.5 Å². The predicted octanol–water partition coefficient (Wildman–Crippen LogP) is 2.55. The molecule has 1 aromatic rings. The Balaban J connectivity index is 1.46. The van der Waals surface area contributed by atoms with Crippen LogP contribution in [0.4, 0.5) is 18.9 Å². The highest BCUT2D eigenvalue weighted by Crippen LogP contribution is 2.28. The van der Waals surface area contributed by atoms with Gasteiger partial charge in [0.15, 0.2) is 0 Å². The third-order valence-electron chi connectivity index (χ3n) is 4.84. The largest absolute Gasteiger partial charge is 0.471 e. The number of piperidine rings is 1. The monoisotopic (exact) mass is 341 g/mol. The molecule has 0 radical (unpaired) electrons. The average molecular weight is 341 g/mol. The fourth-order valence-electron chi connectivity index (χ4n) is 3.47. The Morgan fingerprint density at radius 2 is 2.04 bits per heavy atom. The molecule has 2 aliphatic heterocycles. The van der Waals surface area contributed by atoms with Crippen LogP contribution in [0.2, 0.25) is 0 Å². The Labute approximate surface area is 139 Å². The quantitative estimate of drug-likeness (QED) is 0.885. The number of halogens is 3. The summed E-state index contributed by atoms with van der Waals surface area (Å²) >= 11 is 0. The van der Waals surface area contributed by atoms with Crippen molar-refractivity contribution in [2.45, 2.75) is 32.0 Å². The highest BCUT2D eigenvalue weighted by atomic mass is 19.4. The van der Waals surface area contributed by atoms with Crippen molar-refractivity contribution < 1.29 is 18.0 Å². The zero-order chi connectivity index (χ0) is 17.2. The third-order valence-corrected chi connectivity index (χ3v) is 4.84. The van der Waals surface area contributed by atoms with E-state index in [2.05, 4.69) is 28.4 Å². The first-order valence-electron chi connectivity index (χ1n) is 8.35. The number of hydrogen-bond acceptors (Lipinski definition) is 3. The molecular weight excluding hydrogens is 319 g/mol. The fraction of sp³-hybridized carbons (Fsp3) is 0.588. The molecule has 7 heteroatoms. The van der Waals surface area contributed by atoms with Crippen LogP contribution < -0.4 is 10.6 Å². The summed E-state index contributed by atoms with van der Waals surface area (Å²) < 4.78 is 36.6. The molecule has 1 amide bonds. The number of carbonyl (C=O) groups is 1. The van der Waals surface area contributed by atoms with E-state index >= 15 is 0 Å². The van der Waals surface area contributed by atoms with Gasteiger partial charge in [0, 0.05) is 25.3 Å². The second kappa shape index (κ2) is 7.01. The van der Waals surface area contributed by atoms with Gasteiger partial charge in [-0.1, -0.05) is 18.2 Å². The lowest BCUT2D eigenvalue weighted by Crippen LogP contribution is -2.42. The number of anilines is 1. The normalized spacial score (nSPS) is 19.0. The summed E-state index contributed by atoms with van der Waals surface area (Å²) in [5, 5.41) is 5.43. The molecule has 2 heterocycles. The minimum atomic E-state index is -4.79. The van der Waals surface area contributed by atoms with Crippen LogP contribution in [-0.2, 0) is 17.8 Å². The van der Waals surface area contributed by atoms with E-state index in [9.17, 15) is 18.0 Å². The van der Waals surface area contributed by atoms with E-state index in [0.717, 1.165) is 45.4 Å². The number of benzene rings is 1. The molecule has 2 aliphatic rings. The van der Waals surface area contributed by atoms with Crippen molar-refractivity contribution in [3.63, 3.8) is 0 Å². The second-order valence-electron chi connectivity index (χ2n) is 6.56.